The van der Waals surface area contributed by atoms with Gasteiger partial charge in [-0.1, -0.05) is 31.2 Å². The van der Waals surface area contributed by atoms with Gasteiger partial charge in [0.1, 0.15) is 5.92 Å². The molecule has 130 valence electrons. The van der Waals surface area contributed by atoms with Gasteiger partial charge in [-0.2, -0.15) is 0 Å². The van der Waals surface area contributed by atoms with Crippen LogP contribution in [0.3, 0.4) is 0 Å². The molecule has 2 amide bonds. The minimum atomic E-state index is -0.620. The quantitative estimate of drug-likeness (QED) is 0.862. The van der Waals surface area contributed by atoms with Gasteiger partial charge in [0.2, 0.25) is 11.8 Å². The molecule has 1 saturated heterocycles. The standard InChI is InChI=1S/C21H24N2O2/c1-4-16-8-10-17(11-9-16)23-13-12-18(21(23)25)20(24)22-19-7-5-6-14(2)15(19)3/h5-11,18H,4,12-13H2,1-3H3,(H,22,24)/t18-/m0/s1. The number of carbonyl (C=O) groups is 2. The molecule has 2 aromatic carbocycles. The molecule has 4 nitrogen and oxygen atoms in total. The zero-order chi connectivity index (χ0) is 18.0. The molecule has 1 fully saturated rings. The van der Waals surface area contributed by atoms with Crippen LogP contribution >= 0.6 is 0 Å². The van der Waals surface area contributed by atoms with Crippen molar-refractivity contribution >= 4 is 23.2 Å². The summed E-state index contributed by atoms with van der Waals surface area (Å²) in [5, 5.41) is 2.93. The first-order chi connectivity index (χ1) is 12.0. The van der Waals surface area contributed by atoms with E-state index in [9.17, 15) is 9.59 Å². The molecule has 1 N–H and O–H groups in total. The Morgan fingerprint density at radius 1 is 1.16 bits per heavy atom. The maximum absolute atomic E-state index is 12.7. The highest BCUT2D eigenvalue weighted by Crippen LogP contribution is 2.27. The van der Waals surface area contributed by atoms with Crippen LogP contribution < -0.4 is 10.2 Å². The fourth-order valence-electron chi connectivity index (χ4n) is 3.20. The van der Waals surface area contributed by atoms with E-state index in [1.165, 1.54) is 5.56 Å². The number of carbonyl (C=O) groups excluding carboxylic acids is 2. The third-order valence-electron chi connectivity index (χ3n) is 5.04. The van der Waals surface area contributed by atoms with E-state index in [1.54, 1.807) is 4.90 Å². The summed E-state index contributed by atoms with van der Waals surface area (Å²) in [6.07, 6.45) is 1.51. The molecule has 1 aliphatic rings. The molecule has 0 bridgehead atoms. The summed E-state index contributed by atoms with van der Waals surface area (Å²) in [5.74, 6) is -0.954. The Hall–Kier alpha value is -2.62. The third-order valence-corrected chi connectivity index (χ3v) is 5.04. The summed E-state index contributed by atoms with van der Waals surface area (Å²) in [6.45, 7) is 6.66. The second-order valence-electron chi connectivity index (χ2n) is 6.59. The molecule has 1 heterocycles. The molecule has 1 atom stereocenters. The van der Waals surface area contributed by atoms with E-state index in [4.69, 9.17) is 0 Å². The Balaban J connectivity index is 1.72. The van der Waals surface area contributed by atoms with Crippen molar-refractivity contribution in [2.45, 2.75) is 33.6 Å². The molecule has 0 spiro atoms. The minimum Gasteiger partial charge on any atom is -0.325 e. The second kappa shape index (κ2) is 7.09. The molecule has 3 rings (SSSR count). The van der Waals surface area contributed by atoms with Gasteiger partial charge in [-0.3, -0.25) is 9.59 Å². The van der Waals surface area contributed by atoms with Gasteiger partial charge in [-0.05, 0) is 61.6 Å². The summed E-state index contributed by atoms with van der Waals surface area (Å²) >= 11 is 0. The minimum absolute atomic E-state index is 0.118. The van der Waals surface area contributed by atoms with Gasteiger partial charge in [-0.15, -0.1) is 0 Å². The first-order valence-electron chi connectivity index (χ1n) is 8.78. The van der Waals surface area contributed by atoms with E-state index in [-0.39, 0.29) is 11.8 Å². The monoisotopic (exact) mass is 336 g/mol. The van der Waals surface area contributed by atoms with E-state index < -0.39 is 5.92 Å². The number of nitrogens with one attached hydrogen (secondary N) is 1. The molecule has 1 aliphatic heterocycles. The second-order valence-corrected chi connectivity index (χ2v) is 6.59. The highest BCUT2D eigenvalue weighted by molar-refractivity contribution is 6.13. The van der Waals surface area contributed by atoms with Gasteiger partial charge >= 0.3 is 0 Å². The summed E-state index contributed by atoms with van der Waals surface area (Å²) < 4.78 is 0. The third kappa shape index (κ3) is 3.43. The Morgan fingerprint density at radius 2 is 1.88 bits per heavy atom. The number of nitrogens with zero attached hydrogens (tertiary/aromatic N) is 1. The summed E-state index contributed by atoms with van der Waals surface area (Å²) in [6, 6.07) is 13.8. The normalized spacial score (nSPS) is 17.0. The predicted molar refractivity (Wildman–Crippen MR) is 101 cm³/mol. The van der Waals surface area contributed by atoms with Crippen LogP contribution in [-0.4, -0.2) is 18.4 Å². The van der Waals surface area contributed by atoms with Crippen molar-refractivity contribution in [1.29, 1.82) is 0 Å². The molecule has 2 aromatic rings. The van der Waals surface area contributed by atoms with Crippen molar-refractivity contribution in [2.24, 2.45) is 5.92 Å². The van der Waals surface area contributed by atoms with Crippen molar-refractivity contribution in [3.05, 3.63) is 59.2 Å². The highest BCUT2D eigenvalue weighted by atomic mass is 16.2. The molecular weight excluding hydrogens is 312 g/mol. The fraction of sp³-hybridized carbons (Fsp3) is 0.333. The zero-order valence-corrected chi connectivity index (χ0v) is 15.0. The molecule has 0 unspecified atom stereocenters. The molecule has 0 radical (unpaired) electrons. The summed E-state index contributed by atoms with van der Waals surface area (Å²) in [4.78, 5) is 27.0. The van der Waals surface area contributed by atoms with Crippen LogP contribution in [0.2, 0.25) is 0 Å². The summed E-state index contributed by atoms with van der Waals surface area (Å²) in [5.41, 5.74) is 5.04. The van der Waals surface area contributed by atoms with E-state index in [0.717, 1.165) is 28.9 Å². The lowest BCUT2D eigenvalue weighted by atomic mass is 10.1. The van der Waals surface area contributed by atoms with Crippen LogP contribution in [0, 0.1) is 19.8 Å². The SMILES string of the molecule is CCc1ccc(N2CC[C@@H](C(=O)Nc3cccc(C)c3C)C2=O)cc1. The van der Waals surface area contributed by atoms with Gasteiger partial charge in [0.05, 0.1) is 0 Å². The number of hydrogen-bond acceptors (Lipinski definition) is 2. The number of anilines is 2. The van der Waals surface area contributed by atoms with Crippen LogP contribution in [-0.2, 0) is 16.0 Å². The molecule has 0 aliphatic carbocycles. The molecule has 25 heavy (non-hydrogen) atoms. The number of rotatable bonds is 4. The van der Waals surface area contributed by atoms with Gasteiger partial charge in [0.25, 0.3) is 0 Å². The maximum atomic E-state index is 12.7. The Kier molecular flexibility index (Phi) is 4.88. The first-order valence-corrected chi connectivity index (χ1v) is 8.78. The van der Waals surface area contributed by atoms with Gasteiger partial charge in [0, 0.05) is 17.9 Å². The topological polar surface area (TPSA) is 49.4 Å². The first kappa shape index (κ1) is 17.2. The zero-order valence-electron chi connectivity index (χ0n) is 15.0. The lowest BCUT2D eigenvalue weighted by Crippen LogP contribution is -2.33. The molecule has 4 heteroatoms. The van der Waals surface area contributed by atoms with E-state index >= 15 is 0 Å². The van der Waals surface area contributed by atoms with Crippen molar-refractivity contribution in [2.75, 3.05) is 16.8 Å². The van der Waals surface area contributed by atoms with Crippen molar-refractivity contribution in [3.63, 3.8) is 0 Å². The van der Waals surface area contributed by atoms with Crippen LogP contribution in [0.15, 0.2) is 42.5 Å². The van der Waals surface area contributed by atoms with Crippen molar-refractivity contribution in [3.8, 4) is 0 Å². The Bertz CT molecular complexity index is 796. The van der Waals surface area contributed by atoms with Crippen molar-refractivity contribution in [1.82, 2.24) is 0 Å². The lowest BCUT2D eigenvalue weighted by Gasteiger charge is -2.17. The smallest absolute Gasteiger partial charge is 0.239 e. The van der Waals surface area contributed by atoms with Crippen LogP contribution in [0.5, 0.6) is 0 Å². The average molecular weight is 336 g/mol. The predicted octanol–water partition coefficient (Wildman–Crippen LogP) is 3.86. The highest BCUT2D eigenvalue weighted by Gasteiger charge is 2.37. The number of aryl methyl sites for hydroxylation is 2. The molecule has 0 saturated carbocycles. The fourth-order valence-corrected chi connectivity index (χ4v) is 3.20. The van der Waals surface area contributed by atoms with Gasteiger partial charge < -0.3 is 10.2 Å². The van der Waals surface area contributed by atoms with Gasteiger partial charge in [-0.25, -0.2) is 0 Å². The molecular formula is C21H24N2O2. The maximum Gasteiger partial charge on any atom is 0.239 e. The number of amides is 2. The Labute approximate surface area is 148 Å². The van der Waals surface area contributed by atoms with Gasteiger partial charge in [0.15, 0.2) is 0 Å². The number of benzene rings is 2. The van der Waals surface area contributed by atoms with E-state index in [1.807, 2.05) is 56.3 Å². The van der Waals surface area contributed by atoms with Crippen LogP contribution in [0.25, 0.3) is 0 Å². The molecule has 0 aromatic heterocycles. The summed E-state index contributed by atoms with van der Waals surface area (Å²) in [7, 11) is 0. The number of hydrogen-bond donors (Lipinski definition) is 1. The lowest BCUT2D eigenvalue weighted by molar-refractivity contribution is -0.129. The van der Waals surface area contributed by atoms with Crippen LogP contribution in [0.4, 0.5) is 11.4 Å². The van der Waals surface area contributed by atoms with Crippen molar-refractivity contribution < 1.29 is 9.59 Å². The largest absolute Gasteiger partial charge is 0.325 e. The van der Waals surface area contributed by atoms with E-state index in [0.29, 0.717) is 13.0 Å². The van der Waals surface area contributed by atoms with E-state index in [2.05, 4.69) is 12.2 Å². The van der Waals surface area contributed by atoms with Crippen LogP contribution in [0.1, 0.15) is 30.0 Å². The Morgan fingerprint density at radius 3 is 2.56 bits per heavy atom. The average Bonchev–Trinajstić information content (AvgIpc) is 3.00.